The Kier molecular flexibility index (Phi) is 4.71. The fourth-order valence-electron chi connectivity index (χ4n) is 3.13. The van der Waals surface area contributed by atoms with E-state index in [2.05, 4.69) is 9.97 Å². The lowest BCUT2D eigenvalue weighted by atomic mass is 9.97. The lowest BCUT2D eigenvalue weighted by Crippen LogP contribution is -2.33. The molecule has 3 rings (SSSR count). The predicted molar refractivity (Wildman–Crippen MR) is 82.3 cm³/mol. The topological polar surface area (TPSA) is 66.3 Å². The summed E-state index contributed by atoms with van der Waals surface area (Å²) in [4.78, 5) is 21.5. The molecule has 0 radical (unpaired) electrons. The van der Waals surface area contributed by atoms with E-state index in [-0.39, 0.29) is 30.9 Å². The van der Waals surface area contributed by atoms with Gasteiger partial charge >= 0.3 is 6.18 Å². The van der Waals surface area contributed by atoms with Crippen LogP contribution in [0.4, 0.5) is 13.2 Å². The Morgan fingerprint density at radius 2 is 1.92 bits per heavy atom. The Bertz CT molecular complexity index is 752. The van der Waals surface area contributed by atoms with E-state index in [9.17, 15) is 23.1 Å². The molecule has 0 unspecified atom stereocenters. The van der Waals surface area contributed by atoms with Gasteiger partial charge in [-0.25, -0.2) is 9.97 Å². The number of amides is 1. The van der Waals surface area contributed by atoms with Gasteiger partial charge in [-0.1, -0.05) is 18.2 Å². The number of likely N-dealkylation sites (tertiary alicyclic amines) is 1. The number of halogens is 3. The molecule has 2 heterocycles. The van der Waals surface area contributed by atoms with E-state index in [1.165, 1.54) is 41.8 Å². The first kappa shape index (κ1) is 17.3. The quantitative estimate of drug-likeness (QED) is 0.922. The molecule has 25 heavy (non-hydrogen) atoms. The fourth-order valence-corrected chi connectivity index (χ4v) is 3.13. The SMILES string of the molecule is O=C(Cc1cncnc1)N1C[C@@H](O)C[C@H]1c1ccccc1C(F)(F)F. The second-order valence-electron chi connectivity index (χ2n) is 5.96. The molecule has 1 fully saturated rings. The molecule has 1 N–H and O–H groups in total. The van der Waals surface area contributed by atoms with Gasteiger partial charge in [-0.15, -0.1) is 0 Å². The smallest absolute Gasteiger partial charge is 0.391 e. The van der Waals surface area contributed by atoms with Gasteiger partial charge in [-0.3, -0.25) is 4.79 Å². The molecule has 132 valence electrons. The van der Waals surface area contributed by atoms with Crippen LogP contribution >= 0.6 is 0 Å². The average molecular weight is 351 g/mol. The number of β-amino-alcohol motifs (C(OH)–C–C–N with tert-alkyl or cyclic N) is 1. The van der Waals surface area contributed by atoms with Gasteiger partial charge in [0.05, 0.1) is 24.1 Å². The summed E-state index contributed by atoms with van der Waals surface area (Å²) < 4.78 is 39.9. The van der Waals surface area contributed by atoms with Crippen LogP contribution in [0.25, 0.3) is 0 Å². The summed E-state index contributed by atoms with van der Waals surface area (Å²) in [6, 6.07) is 4.35. The standard InChI is InChI=1S/C17H16F3N3O2/c18-17(19,20)14-4-2-1-3-13(14)15-6-12(24)9-23(15)16(25)5-11-7-21-10-22-8-11/h1-4,7-8,10,12,15,24H,5-6,9H2/t12-,15-/m0/s1. The van der Waals surface area contributed by atoms with Gasteiger partial charge in [-0.05, 0) is 23.6 Å². The minimum absolute atomic E-state index is 0.00336. The van der Waals surface area contributed by atoms with Crippen molar-refractivity contribution in [3.63, 3.8) is 0 Å². The second-order valence-corrected chi connectivity index (χ2v) is 5.96. The number of carbonyl (C=O) groups is 1. The first-order chi connectivity index (χ1) is 11.9. The van der Waals surface area contributed by atoms with Crippen LogP contribution in [-0.4, -0.2) is 38.5 Å². The van der Waals surface area contributed by atoms with Crippen LogP contribution in [0.1, 0.15) is 29.2 Å². The highest BCUT2D eigenvalue weighted by atomic mass is 19.4. The van der Waals surface area contributed by atoms with Crippen LogP contribution in [0.15, 0.2) is 43.0 Å². The van der Waals surface area contributed by atoms with Crippen LogP contribution in [0, 0.1) is 0 Å². The molecular formula is C17H16F3N3O2. The second kappa shape index (κ2) is 6.79. The molecule has 1 aliphatic rings. The molecular weight excluding hydrogens is 335 g/mol. The molecule has 1 aromatic carbocycles. The van der Waals surface area contributed by atoms with Crippen molar-refractivity contribution in [1.82, 2.24) is 14.9 Å². The zero-order valence-corrected chi connectivity index (χ0v) is 13.1. The summed E-state index contributed by atoms with van der Waals surface area (Å²) in [5, 5.41) is 9.94. The minimum atomic E-state index is -4.52. The molecule has 1 aromatic heterocycles. The highest BCUT2D eigenvalue weighted by Gasteiger charge is 2.41. The van der Waals surface area contributed by atoms with E-state index in [0.717, 1.165) is 6.07 Å². The maximum atomic E-state index is 13.3. The molecule has 0 bridgehead atoms. The van der Waals surface area contributed by atoms with Crippen molar-refractivity contribution in [3.8, 4) is 0 Å². The molecule has 0 aliphatic carbocycles. The Morgan fingerprint density at radius 3 is 2.60 bits per heavy atom. The average Bonchev–Trinajstić information content (AvgIpc) is 2.97. The Hall–Kier alpha value is -2.48. The van der Waals surface area contributed by atoms with Crippen LogP contribution < -0.4 is 0 Å². The van der Waals surface area contributed by atoms with Crippen molar-refractivity contribution < 1.29 is 23.1 Å². The number of hydrogen-bond donors (Lipinski definition) is 1. The largest absolute Gasteiger partial charge is 0.416 e. The number of aromatic nitrogens is 2. The number of nitrogens with zero attached hydrogens (tertiary/aromatic N) is 3. The lowest BCUT2D eigenvalue weighted by Gasteiger charge is -2.27. The normalized spacial score (nSPS) is 20.7. The van der Waals surface area contributed by atoms with Crippen molar-refractivity contribution >= 4 is 5.91 Å². The number of benzene rings is 1. The predicted octanol–water partition coefficient (Wildman–Crippen LogP) is 2.37. The number of alkyl halides is 3. The van der Waals surface area contributed by atoms with Crippen molar-refractivity contribution in [2.24, 2.45) is 0 Å². The van der Waals surface area contributed by atoms with Crippen LogP contribution in [0.3, 0.4) is 0 Å². The molecule has 1 aliphatic heterocycles. The first-order valence-corrected chi connectivity index (χ1v) is 7.74. The molecule has 0 spiro atoms. The monoisotopic (exact) mass is 351 g/mol. The highest BCUT2D eigenvalue weighted by molar-refractivity contribution is 5.79. The molecule has 1 amide bonds. The van der Waals surface area contributed by atoms with Gasteiger partial charge in [0.25, 0.3) is 0 Å². The van der Waals surface area contributed by atoms with E-state index >= 15 is 0 Å². The van der Waals surface area contributed by atoms with Gasteiger partial charge in [-0.2, -0.15) is 13.2 Å². The van der Waals surface area contributed by atoms with E-state index < -0.39 is 23.9 Å². The van der Waals surface area contributed by atoms with Crippen molar-refractivity contribution in [2.75, 3.05) is 6.54 Å². The van der Waals surface area contributed by atoms with E-state index in [1.807, 2.05) is 0 Å². The van der Waals surface area contributed by atoms with Gasteiger partial charge in [0, 0.05) is 18.9 Å². The van der Waals surface area contributed by atoms with Gasteiger partial charge in [0.1, 0.15) is 6.33 Å². The van der Waals surface area contributed by atoms with Crippen molar-refractivity contribution in [3.05, 3.63) is 59.7 Å². The van der Waals surface area contributed by atoms with Gasteiger partial charge in [0.15, 0.2) is 0 Å². The molecule has 1 saturated heterocycles. The highest BCUT2D eigenvalue weighted by Crippen LogP contribution is 2.40. The Balaban J connectivity index is 1.89. The minimum Gasteiger partial charge on any atom is -0.391 e. The number of aliphatic hydroxyl groups is 1. The summed E-state index contributed by atoms with van der Waals surface area (Å²) in [5.41, 5.74) is -0.212. The lowest BCUT2D eigenvalue weighted by molar-refractivity contribution is -0.140. The van der Waals surface area contributed by atoms with Gasteiger partial charge < -0.3 is 10.0 Å². The summed E-state index contributed by atoms with van der Waals surface area (Å²) in [5.74, 6) is -0.367. The molecule has 2 atom stereocenters. The maximum Gasteiger partial charge on any atom is 0.416 e. The fraction of sp³-hybridized carbons (Fsp3) is 0.353. The molecule has 2 aromatic rings. The van der Waals surface area contributed by atoms with E-state index in [1.54, 1.807) is 0 Å². The number of carbonyl (C=O) groups excluding carboxylic acids is 1. The number of aliphatic hydroxyl groups excluding tert-OH is 1. The summed E-state index contributed by atoms with van der Waals surface area (Å²) in [7, 11) is 0. The number of rotatable bonds is 3. The van der Waals surface area contributed by atoms with Crippen LogP contribution in [0.2, 0.25) is 0 Å². The third-order valence-electron chi connectivity index (χ3n) is 4.19. The van der Waals surface area contributed by atoms with Crippen molar-refractivity contribution in [2.45, 2.75) is 31.2 Å². The zero-order valence-electron chi connectivity index (χ0n) is 13.1. The first-order valence-electron chi connectivity index (χ1n) is 7.74. The summed E-state index contributed by atoms with van der Waals surface area (Å²) >= 11 is 0. The number of hydrogen-bond acceptors (Lipinski definition) is 4. The maximum absolute atomic E-state index is 13.3. The third-order valence-corrected chi connectivity index (χ3v) is 4.19. The zero-order chi connectivity index (χ0) is 18.0. The molecule has 8 heteroatoms. The Labute approximate surface area is 142 Å². The van der Waals surface area contributed by atoms with Crippen LogP contribution in [-0.2, 0) is 17.4 Å². The third kappa shape index (κ3) is 3.79. The van der Waals surface area contributed by atoms with Crippen molar-refractivity contribution in [1.29, 1.82) is 0 Å². The Morgan fingerprint density at radius 1 is 1.24 bits per heavy atom. The summed E-state index contributed by atoms with van der Waals surface area (Å²) in [6.07, 6.45) is -1.04. The van der Waals surface area contributed by atoms with E-state index in [0.29, 0.717) is 5.56 Å². The summed E-state index contributed by atoms with van der Waals surface area (Å²) in [6.45, 7) is 0.00336. The van der Waals surface area contributed by atoms with Gasteiger partial charge in [0.2, 0.25) is 5.91 Å². The molecule has 0 saturated carbocycles. The van der Waals surface area contributed by atoms with E-state index in [4.69, 9.17) is 0 Å². The molecule has 5 nitrogen and oxygen atoms in total. The van der Waals surface area contributed by atoms with Crippen LogP contribution in [0.5, 0.6) is 0 Å².